The average molecular weight is 353 g/mol. The minimum absolute atomic E-state index is 0.0170. The molecule has 0 unspecified atom stereocenters. The van der Waals surface area contributed by atoms with Crippen LogP contribution in [0.3, 0.4) is 0 Å². The number of carbonyl (C=O) groups excluding carboxylic acids is 1. The lowest BCUT2D eigenvalue weighted by molar-refractivity contribution is -0.121. The molecule has 2 aromatic carbocycles. The Morgan fingerprint density at radius 2 is 1.81 bits per heavy atom. The second kappa shape index (κ2) is 6.59. The molecule has 26 heavy (non-hydrogen) atoms. The van der Waals surface area contributed by atoms with Crippen molar-refractivity contribution in [2.75, 3.05) is 6.79 Å². The van der Waals surface area contributed by atoms with E-state index in [1.807, 2.05) is 49.4 Å². The maximum absolute atomic E-state index is 12.6. The Morgan fingerprint density at radius 3 is 2.58 bits per heavy atom. The highest BCUT2D eigenvalue weighted by Crippen LogP contribution is 2.32. The van der Waals surface area contributed by atoms with Gasteiger partial charge in [-0.05, 0) is 36.8 Å². The molecule has 0 saturated heterocycles. The molecule has 3 aromatic rings. The van der Waals surface area contributed by atoms with E-state index in [2.05, 4.69) is 5.32 Å². The van der Waals surface area contributed by atoms with Crippen LogP contribution in [0.1, 0.15) is 12.5 Å². The van der Waals surface area contributed by atoms with E-state index in [-0.39, 0.29) is 24.9 Å². The number of para-hydroxylation sites is 2. The summed E-state index contributed by atoms with van der Waals surface area (Å²) in [4.78, 5) is 24.9. The molecule has 4 rings (SSSR count). The smallest absolute Gasteiger partial charge is 0.329 e. The van der Waals surface area contributed by atoms with Crippen LogP contribution in [-0.2, 0) is 24.4 Å². The molecule has 0 saturated carbocycles. The predicted molar refractivity (Wildman–Crippen MR) is 96.3 cm³/mol. The van der Waals surface area contributed by atoms with Crippen molar-refractivity contribution in [2.24, 2.45) is 0 Å². The second-order valence-electron chi connectivity index (χ2n) is 6.07. The number of rotatable bonds is 5. The zero-order valence-corrected chi connectivity index (χ0v) is 14.4. The zero-order chi connectivity index (χ0) is 18.1. The highest BCUT2D eigenvalue weighted by molar-refractivity contribution is 5.81. The summed E-state index contributed by atoms with van der Waals surface area (Å²) in [5.74, 6) is 1.17. The molecule has 1 N–H and O–H groups in total. The van der Waals surface area contributed by atoms with E-state index in [1.54, 1.807) is 4.57 Å². The number of aromatic nitrogens is 2. The number of aryl methyl sites for hydroxylation is 1. The summed E-state index contributed by atoms with van der Waals surface area (Å²) in [5.41, 5.74) is 2.33. The largest absolute Gasteiger partial charge is 0.454 e. The van der Waals surface area contributed by atoms with Crippen LogP contribution in [0.25, 0.3) is 11.0 Å². The van der Waals surface area contributed by atoms with Crippen molar-refractivity contribution in [1.82, 2.24) is 14.5 Å². The quantitative estimate of drug-likeness (QED) is 0.760. The summed E-state index contributed by atoms with van der Waals surface area (Å²) < 4.78 is 13.8. The van der Waals surface area contributed by atoms with Crippen LogP contribution >= 0.6 is 0 Å². The van der Waals surface area contributed by atoms with Crippen LogP contribution in [0.4, 0.5) is 0 Å². The highest BCUT2D eigenvalue weighted by atomic mass is 16.7. The molecule has 0 bridgehead atoms. The molecule has 2 heterocycles. The Labute approximate surface area is 149 Å². The molecule has 0 spiro atoms. The number of ether oxygens (including phenoxy) is 2. The molecule has 1 aromatic heterocycles. The summed E-state index contributed by atoms with van der Waals surface area (Å²) >= 11 is 0. The summed E-state index contributed by atoms with van der Waals surface area (Å²) in [6.45, 7) is 3.03. The van der Waals surface area contributed by atoms with Gasteiger partial charge in [0, 0.05) is 13.1 Å². The lowest BCUT2D eigenvalue weighted by atomic mass is 10.2. The van der Waals surface area contributed by atoms with Crippen molar-refractivity contribution in [1.29, 1.82) is 0 Å². The highest BCUT2D eigenvalue weighted by Gasteiger charge is 2.15. The second-order valence-corrected chi connectivity index (χ2v) is 6.07. The fourth-order valence-corrected chi connectivity index (χ4v) is 3.18. The molecule has 1 aliphatic rings. The van der Waals surface area contributed by atoms with E-state index < -0.39 is 0 Å². The van der Waals surface area contributed by atoms with E-state index in [4.69, 9.17) is 9.47 Å². The van der Waals surface area contributed by atoms with Crippen molar-refractivity contribution in [2.45, 2.75) is 26.6 Å². The van der Waals surface area contributed by atoms with Crippen LogP contribution in [0.2, 0.25) is 0 Å². The number of hydrogen-bond donors (Lipinski definition) is 1. The lowest BCUT2D eigenvalue weighted by Gasteiger charge is -2.07. The fraction of sp³-hybridized carbons (Fsp3) is 0.263. The Hall–Kier alpha value is -3.22. The molecular weight excluding hydrogens is 334 g/mol. The predicted octanol–water partition coefficient (Wildman–Crippen LogP) is 1.87. The Kier molecular flexibility index (Phi) is 4.12. The minimum Gasteiger partial charge on any atom is -0.454 e. The molecule has 1 amide bonds. The van der Waals surface area contributed by atoms with Gasteiger partial charge in [-0.15, -0.1) is 0 Å². The molecule has 7 heteroatoms. The molecule has 7 nitrogen and oxygen atoms in total. The van der Waals surface area contributed by atoms with Crippen LogP contribution < -0.4 is 20.5 Å². The maximum Gasteiger partial charge on any atom is 0.329 e. The molecule has 0 fully saturated rings. The van der Waals surface area contributed by atoms with Crippen LogP contribution in [0.15, 0.2) is 47.3 Å². The first-order chi connectivity index (χ1) is 12.7. The summed E-state index contributed by atoms with van der Waals surface area (Å²) in [6, 6.07) is 13.0. The van der Waals surface area contributed by atoms with Gasteiger partial charge < -0.3 is 14.8 Å². The first-order valence-corrected chi connectivity index (χ1v) is 8.50. The fourth-order valence-electron chi connectivity index (χ4n) is 3.18. The van der Waals surface area contributed by atoms with E-state index in [0.29, 0.717) is 24.6 Å². The van der Waals surface area contributed by atoms with Gasteiger partial charge in [-0.3, -0.25) is 13.9 Å². The Morgan fingerprint density at radius 1 is 1.08 bits per heavy atom. The monoisotopic (exact) mass is 353 g/mol. The Balaban J connectivity index is 1.49. The number of fused-ring (bicyclic) bond motifs is 2. The van der Waals surface area contributed by atoms with Crippen LogP contribution in [0, 0.1) is 0 Å². The number of carbonyl (C=O) groups is 1. The van der Waals surface area contributed by atoms with Gasteiger partial charge in [0.2, 0.25) is 12.7 Å². The Bertz CT molecular complexity index is 1030. The van der Waals surface area contributed by atoms with Crippen molar-refractivity contribution >= 4 is 16.9 Å². The third-order valence-corrected chi connectivity index (χ3v) is 4.47. The molecule has 0 atom stereocenters. The maximum atomic E-state index is 12.6. The van der Waals surface area contributed by atoms with E-state index >= 15 is 0 Å². The van der Waals surface area contributed by atoms with Gasteiger partial charge in [0.1, 0.15) is 6.54 Å². The van der Waals surface area contributed by atoms with Crippen molar-refractivity contribution in [3.05, 3.63) is 58.5 Å². The van der Waals surface area contributed by atoms with Gasteiger partial charge in [0.15, 0.2) is 11.5 Å². The molecule has 0 aliphatic carbocycles. The third kappa shape index (κ3) is 2.81. The van der Waals surface area contributed by atoms with Gasteiger partial charge in [0.05, 0.1) is 11.0 Å². The SMILES string of the molecule is CCn1c(=O)n(CC(=O)NCc2ccc3c(c2)OCO3)c2ccccc21. The number of imidazole rings is 1. The number of nitrogens with one attached hydrogen (secondary N) is 1. The van der Waals surface area contributed by atoms with Crippen LogP contribution in [-0.4, -0.2) is 21.8 Å². The molecule has 134 valence electrons. The van der Waals surface area contributed by atoms with E-state index in [0.717, 1.165) is 16.6 Å². The summed E-state index contributed by atoms with van der Waals surface area (Å²) in [7, 11) is 0. The number of amides is 1. The number of nitrogens with zero attached hydrogens (tertiary/aromatic N) is 2. The first-order valence-electron chi connectivity index (χ1n) is 8.50. The van der Waals surface area contributed by atoms with E-state index in [9.17, 15) is 9.59 Å². The van der Waals surface area contributed by atoms with Crippen molar-refractivity contribution in [3.63, 3.8) is 0 Å². The third-order valence-electron chi connectivity index (χ3n) is 4.47. The van der Waals surface area contributed by atoms with Crippen molar-refractivity contribution in [3.8, 4) is 11.5 Å². The van der Waals surface area contributed by atoms with Gasteiger partial charge in [0.25, 0.3) is 0 Å². The minimum atomic E-state index is -0.219. The van der Waals surface area contributed by atoms with Crippen LogP contribution in [0.5, 0.6) is 11.5 Å². The number of hydrogen-bond acceptors (Lipinski definition) is 4. The van der Waals surface area contributed by atoms with Gasteiger partial charge in [-0.2, -0.15) is 0 Å². The summed E-state index contributed by atoms with van der Waals surface area (Å²) in [5, 5.41) is 2.85. The lowest BCUT2D eigenvalue weighted by Crippen LogP contribution is -2.32. The number of benzene rings is 2. The van der Waals surface area contributed by atoms with Gasteiger partial charge in [-0.1, -0.05) is 18.2 Å². The zero-order valence-electron chi connectivity index (χ0n) is 14.4. The molecule has 1 aliphatic heterocycles. The van der Waals surface area contributed by atoms with E-state index in [1.165, 1.54) is 4.57 Å². The van der Waals surface area contributed by atoms with Gasteiger partial charge in [-0.25, -0.2) is 4.79 Å². The average Bonchev–Trinajstić information content (AvgIpc) is 3.22. The molecule has 0 radical (unpaired) electrons. The normalized spacial score (nSPS) is 12.5. The molecular formula is C19H19N3O4. The topological polar surface area (TPSA) is 74.5 Å². The standard InChI is InChI=1S/C19H19N3O4/c1-2-21-14-5-3-4-6-15(14)22(19(21)24)11-18(23)20-10-13-7-8-16-17(9-13)26-12-25-16/h3-9H,2,10-12H2,1H3,(H,20,23). The summed E-state index contributed by atoms with van der Waals surface area (Å²) in [6.07, 6.45) is 0. The van der Waals surface area contributed by atoms with Gasteiger partial charge >= 0.3 is 5.69 Å². The first kappa shape index (κ1) is 16.3. The van der Waals surface area contributed by atoms with Crippen molar-refractivity contribution < 1.29 is 14.3 Å².